The Bertz CT molecular complexity index is 826. The number of alkyl halides is 2. The van der Waals surface area contributed by atoms with Crippen LogP contribution in [0.4, 0.5) is 8.78 Å². The molecule has 0 aliphatic rings. The second-order valence-corrected chi connectivity index (χ2v) is 7.38. The predicted molar refractivity (Wildman–Crippen MR) is 79.6 cm³/mol. The fraction of sp³-hybridized carbons (Fsp3) is 0.538. The zero-order chi connectivity index (χ0) is 17.5. The van der Waals surface area contributed by atoms with Crippen molar-refractivity contribution in [1.29, 1.82) is 0 Å². The van der Waals surface area contributed by atoms with E-state index < -0.39 is 16.6 Å². The van der Waals surface area contributed by atoms with E-state index in [2.05, 4.69) is 10.2 Å². The van der Waals surface area contributed by atoms with Crippen LogP contribution in [0.25, 0.3) is 0 Å². The maximum Gasteiger partial charge on any atom is 0.333 e. The first-order valence-electron chi connectivity index (χ1n) is 6.85. The molecule has 0 amide bonds. The number of aryl methyl sites for hydroxylation is 3. The summed E-state index contributed by atoms with van der Waals surface area (Å²) in [7, 11) is -0.794. The van der Waals surface area contributed by atoms with E-state index in [1.165, 1.54) is 20.9 Å². The molecule has 0 aromatic carbocycles. The van der Waals surface area contributed by atoms with E-state index >= 15 is 0 Å². The van der Waals surface area contributed by atoms with Crippen LogP contribution in [-0.4, -0.2) is 39.3 Å². The molecule has 0 N–H and O–H groups in total. The van der Waals surface area contributed by atoms with E-state index in [4.69, 9.17) is 0 Å². The van der Waals surface area contributed by atoms with Crippen molar-refractivity contribution < 1.29 is 17.2 Å². The van der Waals surface area contributed by atoms with Gasteiger partial charge in [0.15, 0.2) is 0 Å². The molecule has 2 heterocycles. The number of nitrogens with zero attached hydrogens (tertiary/aromatic N) is 5. The molecule has 2 aromatic rings. The van der Waals surface area contributed by atoms with Crippen LogP contribution in [-0.2, 0) is 23.6 Å². The predicted octanol–water partition coefficient (Wildman–Crippen LogP) is 1.76. The molecule has 0 aliphatic heterocycles. The zero-order valence-electron chi connectivity index (χ0n) is 13.6. The van der Waals surface area contributed by atoms with Gasteiger partial charge < -0.3 is 0 Å². The average Bonchev–Trinajstić information content (AvgIpc) is 2.89. The summed E-state index contributed by atoms with van der Waals surface area (Å²) in [4.78, 5) is -0.179. The molecule has 2 aromatic heterocycles. The second kappa shape index (κ2) is 6.00. The molecule has 0 spiro atoms. The summed E-state index contributed by atoms with van der Waals surface area (Å²) < 4.78 is 54.4. The number of sulfonamides is 1. The normalized spacial score (nSPS) is 12.6. The minimum atomic E-state index is -3.94. The van der Waals surface area contributed by atoms with Crippen molar-refractivity contribution in [3.8, 4) is 0 Å². The fourth-order valence-electron chi connectivity index (χ4n) is 2.50. The van der Waals surface area contributed by atoms with Crippen LogP contribution < -0.4 is 0 Å². The van der Waals surface area contributed by atoms with Gasteiger partial charge in [0.2, 0.25) is 10.0 Å². The van der Waals surface area contributed by atoms with Gasteiger partial charge in [-0.15, -0.1) is 0 Å². The smallest absolute Gasteiger partial charge is 0.275 e. The Morgan fingerprint density at radius 3 is 2.26 bits per heavy atom. The van der Waals surface area contributed by atoms with Gasteiger partial charge in [-0.3, -0.25) is 4.68 Å². The first kappa shape index (κ1) is 17.5. The lowest BCUT2D eigenvalue weighted by atomic mass is 10.3. The van der Waals surface area contributed by atoms with Crippen LogP contribution in [0.2, 0.25) is 0 Å². The van der Waals surface area contributed by atoms with Gasteiger partial charge >= 0.3 is 6.55 Å². The van der Waals surface area contributed by atoms with Crippen LogP contribution in [0.5, 0.6) is 0 Å². The van der Waals surface area contributed by atoms with Gasteiger partial charge in [0.1, 0.15) is 4.90 Å². The SMILES string of the molecule is Cc1nn(C)cc1CN(C)S(=O)(=O)c1c(C)nn(C(F)F)c1C. The van der Waals surface area contributed by atoms with E-state index in [1.54, 1.807) is 24.9 Å². The van der Waals surface area contributed by atoms with Crippen molar-refractivity contribution in [3.63, 3.8) is 0 Å². The number of rotatable bonds is 5. The summed E-state index contributed by atoms with van der Waals surface area (Å²) >= 11 is 0. The second-order valence-electron chi connectivity index (χ2n) is 5.40. The van der Waals surface area contributed by atoms with Crippen molar-refractivity contribution in [1.82, 2.24) is 23.9 Å². The Morgan fingerprint density at radius 2 is 1.83 bits per heavy atom. The highest BCUT2D eigenvalue weighted by Gasteiger charge is 2.30. The fourth-order valence-corrected chi connectivity index (χ4v) is 4.00. The highest BCUT2D eigenvalue weighted by atomic mass is 32.2. The summed E-state index contributed by atoms with van der Waals surface area (Å²) in [6, 6.07) is 0. The molecule has 0 saturated carbocycles. The maximum atomic E-state index is 12.9. The summed E-state index contributed by atoms with van der Waals surface area (Å²) in [6.45, 7) is 1.72. The van der Waals surface area contributed by atoms with E-state index in [0.29, 0.717) is 10.4 Å². The lowest BCUT2D eigenvalue weighted by Gasteiger charge is -2.17. The van der Waals surface area contributed by atoms with Crippen molar-refractivity contribution in [2.45, 2.75) is 38.8 Å². The van der Waals surface area contributed by atoms with Gasteiger partial charge in [0.05, 0.1) is 17.1 Å². The van der Waals surface area contributed by atoms with Crippen LogP contribution in [0.15, 0.2) is 11.1 Å². The molecule has 0 fully saturated rings. The van der Waals surface area contributed by atoms with Crippen LogP contribution in [0, 0.1) is 20.8 Å². The Labute approximate surface area is 133 Å². The monoisotopic (exact) mass is 347 g/mol. The van der Waals surface area contributed by atoms with Crippen molar-refractivity contribution in [2.75, 3.05) is 7.05 Å². The van der Waals surface area contributed by atoms with Crippen molar-refractivity contribution in [2.24, 2.45) is 7.05 Å². The lowest BCUT2D eigenvalue weighted by Crippen LogP contribution is -2.27. The summed E-state index contributed by atoms with van der Waals surface area (Å²) in [6.07, 6.45) is 1.73. The minimum absolute atomic E-state index is 0.0533. The summed E-state index contributed by atoms with van der Waals surface area (Å²) in [5.41, 5.74) is 1.44. The van der Waals surface area contributed by atoms with Gasteiger partial charge in [0.25, 0.3) is 0 Å². The lowest BCUT2D eigenvalue weighted by molar-refractivity contribution is 0.0538. The van der Waals surface area contributed by atoms with Crippen LogP contribution >= 0.6 is 0 Å². The molecule has 0 unspecified atom stereocenters. The highest BCUT2D eigenvalue weighted by molar-refractivity contribution is 7.89. The van der Waals surface area contributed by atoms with E-state index in [-0.39, 0.29) is 22.8 Å². The third-order valence-corrected chi connectivity index (χ3v) is 5.68. The van der Waals surface area contributed by atoms with Crippen molar-refractivity contribution >= 4 is 10.0 Å². The first-order valence-corrected chi connectivity index (χ1v) is 8.29. The van der Waals surface area contributed by atoms with E-state index in [0.717, 1.165) is 9.87 Å². The summed E-state index contributed by atoms with van der Waals surface area (Å²) in [5, 5.41) is 7.79. The third-order valence-electron chi connectivity index (χ3n) is 3.62. The van der Waals surface area contributed by atoms with E-state index in [9.17, 15) is 17.2 Å². The van der Waals surface area contributed by atoms with Gasteiger partial charge in [-0.25, -0.2) is 13.1 Å². The molecule has 0 atom stereocenters. The quantitative estimate of drug-likeness (QED) is 0.826. The largest absolute Gasteiger partial charge is 0.333 e. The number of hydrogen-bond donors (Lipinski definition) is 0. The maximum absolute atomic E-state index is 12.9. The van der Waals surface area contributed by atoms with Gasteiger partial charge in [-0.05, 0) is 20.8 Å². The zero-order valence-corrected chi connectivity index (χ0v) is 14.4. The van der Waals surface area contributed by atoms with Crippen molar-refractivity contribution in [3.05, 3.63) is 28.8 Å². The number of aromatic nitrogens is 4. The third kappa shape index (κ3) is 3.13. The molecule has 0 saturated heterocycles. The number of halogens is 2. The summed E-state index contributed by atoms with van der Waals surface area (Å²) in [5.74, 6) is 0. The Balaban J connectivity index is 2.40. The number of hydrogen-bond acceptors (Lipinski definition) is 4. The molecular weight excluding hydrogens is 328 g/mol. The van der Waals surface area contributed by atoms with Gasteiger partial charge in [-0.1, -0.05) is 0 Å². The Hall–Kier alpha value is -1.81. The highest BCUT2D eigenvalue weighted by Crippen LogP contribution is 2.26. The molecule has 0 aliphatic carbocycles. The van der Waals surface area contributed by atoms with E-state index in [1.807, 2.05) is 0 Å². The first-order chi connectivity index (χ1) is 10.6. The Kier molecular flexibility index (Phi) is 4.58. The topological polar surface area (TPSA) is 73.0 Å². The molecule has 0 radical (unpaired) electrons. The van der Waals surface area contributed by atoms with Gasteiger partial charge in [0, 0.05) is 32.4 Å². The average molecular weight is 347 g/mol. The molecule has 23 heavy (non-hydrogen) atoms. The van der Waals surface area contributed by atoms with Gasteiger partial charge in [-0.2, -0.15) is 23.3 Å². The molecule has 10 heteroatoms. The molecular formula is C13H19F2N5O2S. The van der Waals surface area contributed by atoms with Crippen LogP contribution in [0.3, 0.4) is 0 Å². The Morgan fingerprint density at radius 1 is 1.22 bits per heavy atom. The van der Waals surface area contributed by atoms with Crippen LogP contribution in [0.1, 0.15) is 29.2 Å². The molecule has 7 nitrogen and oxygen atoms in total. The standard InChI is InChI=1S/C13H19F2N5O2S/c1-8-11(6-18(4)16-8)7-19(5)23(21,22)12-9(2)17-20(10(12)3)13(14)15/h6,13H,7H2,1-5H3. The molecule has 0 bridgehead atoms. The minimum Gasteiger partial charge on any atom is -0.275 e. The molecule has 128 valence electrons. The molecule has 2 rings (SSSR count).